The van der Waals surface area contributed by atoms with Crippen molar-refractivity contribution in [3.63, 3.8) is 0 Å². The zero-order chi connectivity index (χ0) is 16.1. The molecule has 2 rings (SSSR count). The van der Waals surface area contributed by atoms with Crippen molar-refractivity contribution in [2.24, 2.45) is 0 Å². The van der Waals surface area contributed by atoms with Crippen LogP contribution in [0.3, 0.4) is 0 Å². The van der Waals surface area contributed by atoms with Gasteiger partial charge in [0.1, 0.15) is 11.6 Å². The molecule has 5 nitrogen and oxygen atoms in total. The lowest BCUT2D eigenvalue weighted by Gasteiger charge is -2.13. The van der Waals surface area contributed by atoms with Crippen LogP contribution < -0.4 is 5.32 Å². The van der Waals surface area contributed by atoms with Crippen molar-refractivity contribution in [3.05, 3.63) is 58.2 Å². The van der Waals surface area contributed by atoms with Crippen molar-refractivity contribution in [3.8, 4) is 0 Å². The fourth-order valence-electron chi connectivity index (χ4n) is 1.66. The Morgan fingerprint density at radius 1 is 1.41 bits per heavy atom. The van der Waals surface area contributed by atoms with Crippen LogP contribution in [0.1, 0.15) is 23.0 Å². The van der Waals surface area contributed by atoms with Crippen LogP contribution in [-0.4, -0.2) is 18.0 Å². The highest BCUT2D eigenvalue weighted by Crippen LogP contribution is 2.16. The number of hydrogen-bond acceptors (Lipinski definition) is 4. The van der Waals surface area contributed by atoms with E-state index in [0.29, 0.717) is 10.2 Å². The first-order valence-electron chi connectivity index (χ1n) is 6.43. The third-order valence-corrected chi connectivity index (χ3v) is 3.31. The molecule has 0 saturated carbocycles. The van der Waals surface area contributed by atoms with Gasteiger partial charge in [0.2, 0.25) is 0 Å². The first-order chi connectivity index (χ1) is 10.5. The van der Waals surface area contributed by atoms with E-state index in [-0.39, 0.29) is 12.1 Å². The number of esters is 1. The van der Waals surface area contributed by atoms with Gasteiger partial charge < -0.3 is 14.5 Å². The van der Waals surface area contributed by atoms with Crippen molar-refractivity contribution in [1.82, 2.24) is 5.32 Å². The van der Waals surface area contributed by atoms with Crippen LogP contribution in [-0.2, 0) is 16.1 Å². The number of benzene rings is 1. The van der Waals surface area contributed by atoms with Gasteiger partial charge in [-0.2, -0.15) is 0 Å². The number of ether oxygens (including phenoxy) is 1. The molecule has 0 aliphatic heterocycles. The molecule has 1 amide bonds. The summed E-state index contributed by atoms with van der Waals surface area (Å²) >= 11 is 3.09. The predicted octanol–water partition coefficient (Wildman–Crippen LogP) is 3.04. The van der Waals surface area contributed by atoms with Crippen LogP contribution in [0, 0.1) is 5.82 Å². The Morgan fingerprint density at radius 2 is 2.18 bits per heavy atom. The SMILES string of the molecule is C[C@@H](OC(=O)c1ccc(Br)cc1F)C(=O)NCc1ccco1. The lowest BCUT2D eigenvalue weighted by molar-refractivity contribution is -0.129. The number of carbonyl (C=O) groups excluding carboxylic acids is 2. The first-order valence-corrected chi connectivity index (χ1v) is 7.23. The molecular weight excluding hydrogens is 357 g/mol. The van der Waals surface area contributed by atoms with Gasteiger partial charge >= 0.3 is 5.97 Å². The minimum absolute atomic E-state index is 0.181. The topological polar surface area (TPSA) is 68.5 Å². The van der Waals surface area contributed by atoms with Gasteiger partial charge in [-0.1, -0.05) is 15.9 Å². The van der Waals surface area contributed by atoms with Gasteiger partial charge in [-0.25, -0.2) is 9.18 Å². The molecule has 1 N–H and O–H groups in total. The van der Waals surface area contributed by atoms with Crippen LogP contribution in [0.15, 0.2) is 45.5 Å². The van der Waals surface area contributed by atoms with Crippen LogP contribution in [0.4, 0.5) is 4.39 Å². The minimum Gasteiger partial charge on any atom is -0.467 e. The number of rotatable bonds is 5. The summed E-state index contributed by atoms with van der Waals surface area (Å²) in [6.07, 6.45) is 0.437. The first kappa shape index (κ1) is 16.2. The Kier molecular flexibility index (Phi) is 5.32. The third kappa shape index (κ3) is 4.17. The number of amides is 1. The number of hydrogen-bond donors (Lipinski definition) is 1. The number of nitrogens with one attached hydrogen (secondary N) is 1. The molecule has 0 aliphatic rings. The average Bonchev–Trinajstić information content (AvgIpc) is 2.97. The lowest BCUT2D eigenvalue weighted by Crippen LogP contribution is -2.35. The maximum Gasteiger partial charge on any atom is 0.341 e. The summed E-state index contributed by atoms with van der Waals surface area (Å²) in [4.78, 5) is 23.7. The van der Waals surface area contributed by atoms with Gasteiger partial charge in [0, 0.05) is 4.47 Å². The smallest absolute Gasteiger partial charge is 0.341 e. The maximum atomic E-state index is 13.6. The van der Waals surface area contributed by atoms with Crippen molar-refractivity contribution in [1.29, 1.82) is 0 Å². The van der Waals surface area contributed by atoms with Gasteiger partial charge in [0.05, 0.1) is 18.4 Å². The second-order valence-electron chi connectivity index (χ2n) is 4.47. The number of furan rings is 1. The highest BCUT2D eigenvalue weighted by Gasteiger charge is 2.21. The van der Waals surface area contributed by atoms with E-state index in [4.69, 9.17) is 9.15 Å². The standard InChI is InChI=1S/C15H13BrFNO4/c1-9(14(19)18-8-11-3-2-6-21-11)22-15(20)12-5-4-10(16)7-13(12)17/h2-7,9H,8H2,1H3,(H,18,19)/t9-/m1/s1. The summed E-state index contributed by atoms with van der Waals surface area (Å²) in [7, 11) is 0. The molecule has 1 atom stereocenters. The Labute approximate surface area is 134 Å². The molecule has 7 heteroatoms. The van der Waals surface area contributed by atoms with Crippen molar-refractivity contribution in [2.45, 2.75) is 19.6 Å². The normalized spacial score (nSPS) is 11.8. The second-order valence-corrected chi connectivity index (χ2v) is 5.38. The molecule has 0 aliphatic carbocycles. The molecule has 1 aromatic carbocycles. The van der Waals surface area contributed by atoms with E-state index in [2.05, 4.69) is 21.2 Å². The van der Waals surface area contributed by atoms with Crippen LogP contribution in [0.25, 0.3) is 0 Å². The molecule has 0 spiro atoms. The highest BCUT2D eigenvalue weighted by molar-refractivity contribution is 9.10. The summed E-state index contributed by atoms with van der Waals surface area (Å²) < 4.78 is 24.2. The predicted molar refractivity (Wildman–Crippen MR) is 79.5 cm³/mol. The fourth-order valence-corrected chi connectivity index (χ4v) is 2.00. The van der Waals surface area contributed by atoms with Crippen LogP contribution in [0.2, 0.25) is 0 Å². The maximum absolute atomic E-state index is 13.6. The van der Waals surface area contributed by atoms with Gasteiger partial charge in [-0.15, -0.1) is 0 Å². The van der Waals surface area contributed by atoms with Crippen LogP contribution in [0.5, 0.6) is 0 Å². The monoisotopic (exact) mass is 369 g/mol. The van der Waals surface area contributed by atoms with E-state index in [1.165, 1.54) is 25.3 Å². The van der Waals surface area contributed by atoms with E-state index >= 15 is 0 Å². The quantitative estimate of drug-likeness (QED) is 0.822. The highest BCUT2D eigenvalue weighted by atomic mass is 79.9. The summed E-state index contributed by atoms with van der Waals surface area (Å²) in [5.41, 5.74) is -0.228. The largest absolute Gasteiger partial charge is 0.467 e. The van der Waals surface area contributed by atoms with Gasteiger partial charge in [-0.3, -0.25) is 4.79 Å². The van der Waals surface area contributed by atoms with E-state index < -0.39 is 23.8 Å². The van der Waals surface area contributed by atoms with Gasteiger partial charge in [0.25, 0.3) is 5.91 Å². The molecule has 22 heavy (non-hydrogen) atoms. The van der Waals surface area contributed by atoms with E-state index in [1.807, 2.05) is 0 Å². The molecule has 1 aromatic heterocycles. The Morgan fingerprint density at radius 3 is 2.82 bits per heavy atom. The number of halogens is 2. The molecule has 0 unspecified atom stereocenters. The summed E-state index contributed by atoms with van der Waals surface area (Å²) in [6.45, 7) is 1.59. The van der Waals surface area contributed by atoms with Gasteiger partial charge in [0.15, 0.2) is 6.10 Å². The summed E-state index contributed by atoms with van der Waals surface area (Å²) in [5, 5.41) is 2.55. The molecule has 2 aromatic rings. The van der Waals surface area contributed by atoms with Crippen molar-refractivity contribution in [2.75, 3.05) is 0 Å². The lowest BCUT2D eigenvalue weighted by atomic mass is 10.2. The van der Waals surface area contributed by atoms with Crippen molar-refractivity contribution < 1.29 is 23.1 Å². The van der Waals surface area contributed by atoms with E-state index in [9.17, 15) is 14.0 Å². The zero-order valence-electron chi connectivity index (χ0n) is 11.6. The molecule has 0 saturated heterocycles. The third-order valence-electron chi connectivity index (χ3n) is 2.82. The molecule has 0 bridgehead atoms. The minimum atomic E-state index is -1.05. The second kappa shape index (κ2) is 7.22. The van der Waals surface area contributed by atoms with Crippen LogP contribution >= 0.6 is 15.9 Å². The zero-order valence-corrected chi connectivity index (χ0v) is 13.2. The molecule has 0 radical (unpaired) electrons. The van der Waals surface area contributed by atoms with Gasteiger partial charge in [-0.05, 0) is 37.3 Å². The van der Waals surface area contributed by atoms with E-state index in [1.54, 1.807) is 12.1 Å². The molecule has 0 fully saturated rings. The van der Waals surface area contributed by atoms with E-state index in [0.717, 1.165) is 6.07 Å². The Bertz CT molecular complexity index is 672. The Hall–Kier alpha value is -2.15. The summed E-state index contributed by atoms with van der Waals surface area (Å²) in [6, 6.07) is 7.35. The van der Waals surface area contributed by atoms with Crippen molar-refractivity contribution >= 4 is 27.8 Å². The summed E-state index contributed by atoms with van der Waals surface area (Å²) in [5.74, 6) is -1.54. The Balaban J connectivity index is 1.91. The average molecular weight is 370 g/mol. The molecule has 1 heterocycles. The number of carbonyl (C=O) groups is 2. The fraction of sp³-hybridized carbons (Fsp3) is 0.200. The molecular formula is C15H13BrFNO4. The molecule has 116 valence electrons.